The van der Waals surface area contributed by atoms with Crippen molar-refractivity contribution in [3.63, 3.8) is 0 Å². The van der Waals surface area contributed by atoms with Gasteiger partial charge in [0.2, 0.25) is 0 Å². The molecule has 122 heavy (non-hydrogen) atoms. The molecule has 0 aliphatic carbocycles. The highest BCUT2D eigenvalue weighted by molar-refractivity contribution is 5.08. The first-order chi connectivity index (χ1) is 57.2. The van der Waals surface area contributed by atoms with E-state index in [4.69, 9.17) is 16.2 Å². The van der Waals surface area contributed by atoms with Crippen molar-refractivity contribution in [2.75, 3.05) is 227 Å². The van der Waals surface area contributed by atoms with Gasteiger partial charge in [-0.2, -0.15) is 0 Å². The van der Waals surface area contributed by atoms with Crippen molar-refractivity contribution in [1.29, 1.82) is 0 Å². The molecule has 20 heteroatoms. The molecule has 0 aromatic heterocycles. The molecular weight excluding hydrogens is 1510 g/mol. The summed E-state index contributed by atoms with van der Waals surface area (Å²) in [6.45, 7) is 114. The standard InChI is InChI=1S/C12H24N2.3C11H22N2.3C10H20N2.2C9H18N2.C9H17NO/c1-10(2)11(3)14-8-6-12(7-9-14)13(4)5;1-9(2)10(3)13-7-6-11(8-13)12(4)5;1-9(2)10(3)13-7-5-11(12-4)6-8-13;1-9(2)10(3)13-7-5-6-11(8-13)12-4;1-9(2)10(3)12-7-5-11(4)6-8-12;1-8(2)9(3)12-6-5-10(7-12)11-4;1-8(2)9(3)12-6-4-10(11)5-7-12;1-8(2)9(3)11-6-4-10-5-7-11;1-7(2)8(3)11-5-4-9(10)6-11;1-8(2)9(3)10-4-6-11-7-5-10/h10,12H,3,6-9H2,1-2,4-5H3;9,11H,3,6-8H2,1-2,4-5H3;2*9,11-12H,3,5-8H2,1-2,4H3;9H,3,5-8H2,1-2,4H3;8,10-11H,3,5-7H2,1-2,4H3;8,10H,3-7,11H2,1-2H3;8,10H,3-7H2,1-2H3;7,9H,3-6,10H2,1-2H3;8H,3-7H2,1-2H3. The molecule has 8 N–H and O–H groups in total. The molecule has 10 rings (SSSR count). The Kier molecular flexibility index (Phi) is 58.7. The first-order valence-corrected chi connectivity index (χ1v) is 48.4. The van der Waals surface area contributed by atoms with Crippen LogP contribution in [-0.4, -0.2) is 333 Å². The summed E-state index contributed by atoms with van der Waals surface area (Å²) in [5.41, 5.74) is 24.4. The van der Waals surface area contributed by atoms with Crippen LogP contribution in [0.2, 0.25) is 0 Å². The van der Waals surface area contributed by atoms with Gasteiger partial charge >= 0.3 is 0 Å². The number of likely N-dealkylation sites (N-methyl/N-ethyl adjacent to an activating group) is 4. The molecule has 4 unspecified atom stereocenters. The van der Waals surface area contributed by atoms with Crippen molar-refractivity contribution in [2.45, 2.75) is 251 Å². The van der Waals surface area contributed by atoms with Gasteiger partial charge in [-0.1, -0.05) is 204 Å². The molecule has 10 fully saturated rings. The molecule has 0 aromatic carbocycles. The van der Waals surface area contributed by atoms with E-state index in [0.29, 0.717) is 83.3 Å². The zero-order valence-corrected chi connectivity index (χ0v) is 85.4. The zero-order chi connectivity index (χ0) is 92.8. The normalized spacial score (nSPS) is 21.3. The van der Waals surface area contributed by atoms with Crippen molar-refractivity contribution in [2.24, 2.45) is 70.6 Å². The van der Waals surface area contributed by atoms with Crippen LogP contribution in [0.3, 0.4) is 0 Å². The van der Waals surface area contributed by atoms with Crippen LogP contribution in [-0.2, 0) is 4.74 Å². The summed E-state index contributed by atoms with van der Waals surface area (Å²) < 4.78 is 5.25. The molecule has 0 aromatic rings. The van der Waals surface area contributed by atoms with E-state index in [1.807, 2.05) is 14.1 Å². The lowest BCUT2D eigenvalue weighted by Gasteiger charge is -2.38. The van der Waals surface area contributed by atoms with Gasteiger partial charge in [0.15, 0.2) is 0 Å². The fraction of sp³-hybridized carbons (Fsp3) is 0.804. The molecular formula is C102H203N19O. The minimum absolute atomic E-state index is 0.366. The third-order valence-electron chi connectivity index (χ3n) is 26.5. The highest BCUT2D eigenvalue weighted by atomic mass is 16.5. The van der Waals surface area contributed by atoms with E-state index in [9.17, 15) is 0 Å². The van der Waals surface area contributed by atoms with Crippen molar-refractivity contribution < 1.29 is 4.74 Å². The SMILES string of the molecule is C=C(C(C)C)N1CCC(N(C)C)C1.C=C(C(C)C)N1CCC(N(C)C)CC1.C=C(C(C)C)N1CCC(N)C1.C=C(C(C)C)N1CCC(N)CC1.C=C(C(C)C)N1CCC(NC)C1.C=C(C(C)C)N1CCC(NC)CC1.C=C(C(C)C)N1CCCC(NC)C1.C=C(C(C)C)N1CCN(C)CC1.C=C(C(C)C)N1CCNCC1.C=C(C(C)C)N1CCOCC1. The van der Waals surface area contributed by atoms with E-state index < -0.39 is 0 Å². The zero-order valence-electron chi connectivity index (χ0n) is 85.4. The van der Waals surface area contributed by atoms with Gasteiger partial charge in [-0.15, -0.1) is 0 Å². The van der Waals surface area contributed by atoms with E-state index in [0.717, 1.165) is 149 Å². The van der Waals surface area contributed by atoms with Crippen molar-refractivity contribution in [3.8, 4) is 0 Å². The average Bonchev–Trinajstić information content (AvgIpc) is 1.32. The van der Waals surface area contributed by atoms with Gasteiger partial charge in [-0.25, -0.2) is 0 Å². The topological polar surface area (TPSA) is 152 Å². The molecule has 0 bridgehead atoms. The smallest absolute Gasteiger partial charge is 0.0642 e. The summed E-state index contributed by atoms with van der Waals surface area (Å²) in [6, 6.07) is 4.31. The van der Waals surface area contributed by atoms with Gasteiger partial charge in [0.25, 0.3) is 0 Å². The van der Waals surface area contributed by atoms with Gasteiger partial charge in [-0.3, -0.25) is 0 Å². The molecule has 0 saturated carbocycles. The van der Waals surface area contributed by atoms with E-state index in [1.165, 1.54) is 167 Å². The molecule has 10 saturated heterocycles. The molecule has 0 spiro atoms. The molecule has 10 aliphatic rings. The number of hydrogen-bond acceptors (Lipinski definition) is 20. The van der Waals surface area contributed by atoms with Gasteiger partial charge in [0.05, 0.1) is 13.2 Å². The molecule has 712 valence electrons. The molecule has 4 atom stereocenters. The van der Waals surface area contributed by atoms with Gasteiger partial charge in [0, 0.05) is 256 Å². The quantitative estimate of drug-likeness (QED) is 0.0514. The molecule has 10 heterocycles. The maximum absolute atomic E-state index is 5.82. The highest BCUT2D eigenvalue weighted by Gasteiger charge is 2.29. The van der Waals surface area contributed by atoms with Gasteiger partial charge in [0.1, 0.15) is 0 Å². The summed E-state index contributed by atoms with van der Waals surface area (Å²) in [4.78, 5) is 30.9. The van der Waals surface area contributed by atoms with Crippen LogP contribution in [0.25, 0.3) is 0 Å². The summed E-state index contributed by atoms with van der Waals surface area (Å²) in [7, 11) is 17.0. The number of allylic oxidation sites excluding steroid dienone is 10. The summed E-state index contributed by atoms with van der Waals surface area (Å²) in [6.07, 6.45) is 13.5. The lowest BCUT2D eigenvalue weighted by Crippen LogP contribution is -2.44. The second-order valence-electron chi connectivity index (χ2n) is 39.8. The monoisotopic (exact) mass is 1710 g/mol. The summed E-state index contributed by atoms with van der Waals surface area (Å²) >= 11 is 0. The highest BCUT2D eigenvalue weighted by Crippen LogP contribution is 2.27. The number of morpholine rings is 1. The second-order valence-corrected chi connectivity index (χ2v) is 39.8. The molecule has 0 radical (unpaired) electrons. The van der Waals surface area contributed by atoms with Crippen LogP contribution in [0.1, 0.15) is 209 Å². The van der Waals surface area contributed by atoms with E-state index in [1.54, 1.807) is 0 Å². The number of nitrogens with two attached hydrogens (primary N) is 2. The summed E-state index contributed by atoms with van der Waals surface area (Å²) in [5.74, 6) is 5.79. The van der Waals surface area contributed by atoms with E-state index >= 15 is 0 Å². The van der Waals surface area contributed by atoms with E-state index in [2.05, 4.69) is 332 Å². The fourth-order valence-electron chi connectivity index (χ4n) is 16.1. The molecule has 0 amide bonds. The number of nitrogens with one attached hydrogen (secondary N) is 4. The van der Waals surface area contributed by atoms with Crippen LogP contribution in [0, 0.1) is 59.2 Å². The second kappa shape index (κ2) is 62.2. The van der Waals surface area contributed by atoms with Crippen LogP contribution in [0.5, 0.6) is 0 Å². The Balaban J connectivity index is 0.000000678. The Hall–Kier alpha value is -5.00. The van der Waals surface area contributed by atoms with Crippen LogP contribution < -0.4 is 32.7 Å². The Morgan fingerprint density at radius 2 is 0.541 bits per heavy atom. The minimum atomic E-state index is 0.366. The Morgan fingerprint density at radius 3 is 0.869 bits per heavy atom. The Labute approximate surface area is 757 Å². The number of hydrogen-bond donors (Lipinski definition) is 6. The average molecular weight is 1710 g/mol. The number of piperidine rings is 4. The maximum Gasteiger partial charge on any atom is 0.0642 e. The number of piperazine rings is 2. The Morgan fingerprint density at radius 1 is 0.287 bits per heavy atom. The maximum atomic E-state index is 5.82. The Bertz CT molecular complexity index is 2760. The lowest BCUT2D eigenvalue weighted by atomic mass is 10.0. The summed E-state index contributed by atoms with van der Waals surface area (Å²) in [5, 5.41) is 13.3. The van der Waals surface area contributed by atoms with Crippen LogP contribution >= 0.6 is 0 Å². The lowest BCUT2D eigenvalue weighted by molar-refractivity contribution is 0.0499. The number of likely N-dealkylation sites (tertiary alicyclic amines) is 7. The first kappa shape index (κ1) is 115. The van der Waals surface area contributed by atoms with Crippen molar-refractivity contribution >= 4 is 0 Å². The number of nitrogens with zero attached hydrogens (tertiary/aromatic N) is 13. The predicted molar refractivity (Wildman–Crippen MR) is 537 cm³/mol. The van der Waals surface area contributed by atoms with Gasteiger partial charge in [-0.05, 0) is 186 Å². The van der Waals surface area contributed by atoms with Crippen molar-refractivity contribution in [3.05, 3.63) is 123 Å². The first-order valence-electron chi connectivity index (χ1n) is 48.4. The van der Waals surface area contributed by atoms with Crippen LogP contribution in [0.4, 0.5) is 0 Å². The fourth-order valence-corrected chi connectivity index (χ4v) is 16.1. The van der Waals surface area contributed by atoms with E-state index in [-0.39, 0.29) is 0 Å². The molecule has 10 aliphatic heterocycles. The van der Waals surface area contributed by atoms with Gasteiger partial charge < -0.3 is 101 Å². The third-order valence-corrected chi connectivity index (χ3v) is 26.5. The third kappa shape index (κ3) is 45.1. The van der Waals surface area contributed by atoms with Crippen molar-refractivity contribution in [1.82, 2.24) is 85.0 Å². The molecule has 20 nitrogen and oxygen atoms in total. The van der Waals surface area contributed by atoms with Crippen LogP contribution in [0.15, 0.2) is 123 Å². The number of rotatable bonds is 25. The largest absolute Gasteiger partial charge is 0.378 e. The predicted octanol–water partition coefficient (Wildman–Crippen LogP) is 15.8. The minimum Gasteiger partial charge on any atom is -0.378 e. The number of ether oxygens (including phenoxy) is 1.